The molecule has 19 heavy (non-hydrogen) atoms. The Bertz CT molecular complexity index is 476. The van der Waals surface area contributed by atoms with Gasteiger partial charge >= 0.3 is 5.97 Å². The van der Waals surface area contributed by atoms with Crippen LogP contribution in [-0.2, 0) is 14.4 Å². The molecule has 2 N–H and O–H groups in total. The number of carboxylic acids is 1. The third-order valence-corrected chi connectivity index (χ3v) is 5.47. The zero-order valence-corrected chi connectivity index (χ0v) is 11.6. The summed E-state index contributed by atoms with van der Waals surface area (Å²) in [6, 6.07) is -0.729. The first-order valence-corrected chi connectivity index (χ1v) is 7.09. The zero-order valence-electron chi connectivity index (χ0n) is 10.8. The van der Waals surface area contributed by atoms with E-state index in [4.69, 9.17) is 4.84 Å². The number of nitrogens with zero attached hydrogens (tertiary/aromatic N) is 1. The number of carbonyl (C=O) groups excluding carboxylic acids is 1. The molecule has 0 spiro atoms. The summed E-state index contributed by atoms with van der Waals surface area (Å²) in [7, 11) is 0. The van der Waals surface area contributed by atoms with E-state index >= 15 is 0 Å². The van der Waals surface area contributed by atoms with Crippen molar-refractivity contribution in [2.45, 2.75) is 36.4 Å². The highest BCUT2D eigenvalue weighted by Crippen LogP contribution is 2.54. The summed E-state index contributed by atoms with van der Waals surface area (Å²) in [6.07, 6.45) is 2.50. The number of hydrogen-bond donors (Lipinski definition) is 2. The van der Waals surface area contributed by atoms with E-state index in [9.17, 15) is 14.7 Å². The van der Waals surface area contributed by atoms with Gasteiger partial charge in [-0.15, -0.1) is 11.8 Å². The van der Waals surface area contributed by atoms with Crippen LogP contribution in [0, 0.1) is 5.92 Å². The Hall–Kier alpha value is -1.21. The van der Waals surface area contributed by atoms with Crippen molar-refractivity contribution in [3.05, 3.63) is 11.8 Å². The van der Waals surface area contributed by atoms with Gasteiger partial charge in [0.15, 0.2) is 0 Å². The van der Waals surface area contributed by atoms with Crippen LogP contribution < -0.4 is 5.48 Å². The summed E-state index contributed by atoms with van der Waals surface area (Å²) >= 11 is 1.58. The number of allylic oxidation sites excluding steroid dienone is 1. The smallest absolute Gasteiger partial charge is 0.327 e. The zero-order chi connectivity index (χ0) is 13.8. The first-order chi connectivity index (χ1) is 8.92. The molecule has 3 rings (SSSR count). The minimum atomic E-state index is -0.923. The molecule has 0 aromatic rings. The molecule has 0 aromatic heterocycles. The monoisotopic (exact) mass is 284 g/mol. The summed E-state index contributed by atoms with van der Waals surface area (Å²) in [5.41, 5.74) is 3.69. The van der Waals surface area contributed by atoms with E-state index in [0.29, 0.717) is 13.0 Å². The number of hydroxylamine groups is 1. The van der Waals surface area contributed by atoms with Crippen LogP contribution in [0.5, 0.6) is 0 Å². The summed E-state index contributed by atoms with van der Waals surface area (Å²) < 4.78 is -0.450. The molecule has 1 amide bonds. The second-order valence-corrected chi connectivity index (χ2v) is 7.32. The molecular formula is C12H16N2O4S. The number of carbonyl (C=O) groups is 2. The van der Waals surface area contributed by atoms with Gasteiger partial charge in [-0.05, 0) is 19.9 Å². The van der Waals surface area contributed by atoms with Crippen LogP contribution in [0.1, 0.15) is 20.3 Å². The van der Waals surface area contributed by atoms with Gasteiger partial charge < -0.3 is 10.0 Å². The molecule has 3 heterocycles. The Morgan fingerprint density at radius 3 is 3.00 bits per heavy atom. The Morgan fingerprint density at radius 2 is 2.42 bits per heavy atom. The Labute approximate surface area is 115 Å². The quantitative estimate of drug-likeness (QED) is 0.737. The van der Waals surface area contributed by atoms with Crippen LogP contribution in [0.4, 0.5) is 0 Å². The highest BCUT2D eigenvalue weighted by atomic mass is 32.2. The summed E-state index contributed by atoms with van der Waals surface area (Å²) in [5.74, 6) is -1.13. The topological polar surface area (TPSA) is 78.9 Å². The number of β-lactam (4-membered cyclic amide) rings is 1. The maximum Gasteiger partial charge on any atom is 0.327 e. The van der Waals surface area contributed by atoms with Crippen LogP contribution in [0.3, 0.4) is 0 Å². The average Bonchev–Trinajstić information content (AvgIpc) is 2.90. The molecule has 3 aliphatic rings. The van der Waals surface area contributed by atoms with Gasteiger partial charge in [0.05, 0.1) is 17.9 Å². The Morgan fingerprint density at radius 1 is 1.68 bits per heavy atom. The third kappa shape index (κ3) is 1.83. The molecule has 0 unspecified atom stereocenters. The van der Waals surface area contributed by atoms with Crippen molar-refractivity contribution in [2.24, 2.45) is 5.92 Å². The van der Waals surface area contributed by atoms with E-state index in [-0.39, 0.29) is 17.2 Å². The lowest BCUT2D eigenvalue weighted by Gasteiger charge is -2.43. The lowest BCUT2D eigenvalue weighted by molar-refractivity contribution is -0.163. The van der Waals surface area contributed by atoms with E-state index in [1.807, 2.05) is 19.9 Å². The van der Waals surface area contributed by atoms with Crippen LogP contribution in [0.15, 0.2) is 11.8 Å². The van der Waals surface area contributed by atoms with Crippen LogP contribution in [0.25, 0.3) is 0 Å². The molecular weight excluding hydrogens is 268 g/mol. The highest BCUT2D eigenvalue weighted by Gasteiger charge is 2.63. The summed E-state index contributed by atoms with van der Waals surface area (Å²) in [5, 5.41) is 9.27. The maximum atomic E-state index is 12.2. The molecule has 2 saturated heterocycles. The van der Waals surface area contributed by atoms with Gasteiger partial charge in [-0.1, -0.05) is 0 Å². The number of carboxylic acid groups (broad SMARTS) is 1. The van der Waals surface area contributed by atoms with Crippen LogP contribution in [0.2, 0.25) is 0 Å². The molecule has 6 nitrogen and oxygen atoms in total. The van der Waals surface area contributed by atoms with E-state index in [1.54, 1.807) is 11.8 Å². The third-order valence-electron chi connectivity index (χ3n) is 3.84. The van der Waals surface area contributed by atoms with Gasteiger partial charge in [0.25, 0.3) is 0 Å². The SMILES string of the molecule is CC1(C)S[C@@H]2[C@H](CC3=CCON3)C(=O)N2[C@H]1C(=O)O. The van der Waals surface area contributed by atoms with Crippen molar-refractivity contribution in [2.75, 3.05) is 6.61 Å². The van der Waals surface area contributed by atoms with Crippen LogP contribution >= 0.6 is 11.8 Å². The Kier molecular flexibility index (Phi) is 2.79. The van der Waals surface area contributed by atoms with Crippen LogP contribution in [-0.4, -0.2) is 44.7 Å². The van der Waals surface area contributed by atoms with E-state index in [0.717, 1.165) is 5.70 Å². The molecule has 0 bridgehead atoms. The molecule has 0 radical (unpaired) electrons. The van der Waals surface area contributed by atoms with Crippen molar-refractivity contribution < 1.29 is 19.5 Å². The Balaban J connectivity index is 1.77. The van der Waals surface area contributed by atoms with E-state index in [2.05, 4.69) is 5.48 Å². The largest absolute Gasteiger partial charge is 0.480 e. The highest BCUT2D eigenvalue weighted by molar-refractivity contribution is 8.01. The van der Waals surface area contributed by atoms with Gasteiger partial charge in [0.2, 0.25) is 5.91 Å². The molecule has 2 fully saturated rings. The fraction of sp³-hybridized carbons (Fsp3) is 0.667. The van der Waals surface area contributed by atoms with Gasteiger partial charge in [-0.2, -0.15) is 0 Å². The number of nitrogens with one attached hydrogen (secondary N) is 1. The first kappa shape index (κ1) is 12.8. The van der Waals surface area contributed by atoms with Gasteiger partial charge in [-0.25, -0.2) is 4.79 Å². The fourth-order valence-electron chi connectivity index (χ4n) is 2.96. The fourth-order valence-corrected chi connectivity index (χ4v) is 4.64. The average molecular weight is 284 g/mol. The minimum absolute atomic E-state index is 0.0353. The number of rotatable bonds is 3. The molecule has 0 aliphatic carbocycles. The second kappa shape index (κ2) is 4.14. The summed E-state index contributed by atoms with van der Waals surface area (Å²) in [4.78, 5) is 30.1. The molecule has 0 saturated carbocycles. The molecule has 0 aromatic carbocycles. The molecule has 3 aliphatic heterocycles. The number of aliphatic carboxylic acids is 1. The van der Waals surface area contributed by atoms with Crippen molar-refractivity contribution in [1.82, 2.24) is 10.4 Å². The minimum Gasteiger partial charge on any atom is -0.480 e. The lowest BCUT2D eigenvalue weighted by Crippen LogP contribution is -2.62. The second-order valence-electron chi connectivity index (χ2n) is 5.55. The number of hydrogen-bond acceptors (Lipinski definition) is 5. The summed E-state index contributed by atoms with van der Waals surface area (Å²) in [6.45, 7) is 4.28. The van der Waals surface area contributed by atoms with Gasteiger partial charge in [0, 0.05) is 16.9 Å². The first-order valence-electron chi connectivity index (χ1n) is 6.21. The number of amides is 1. The normalized spacial score (nSPS) is 35.5. The number of thioether (sulfide) groups is 1. The number of fused-ring (bicyclic) bond motifs is 1. The van der Waals surface area contributed by atoms with Crippen molar-refractivity contribution in [1.29, 1.82) is 0 Å². The molecule has 3 atom stereocenters. The predicted octanol–water partition coefficient (Wildman–Crippen LogP) is 0.558. The van der Waals surface area contributed by atoms with Gasteiger partial charge in [0.1, 0.15) is 6.04 Å². The van der Waals surface area contributed by atoms with E-state index < -0.39 is 16.8 Å². The standard InChI is InChI=1S/C12H16N2O4S/c1-12(2)8(11(16)17)14-9(15)7(10(14)19-12)5-6-3-4-18-13-6/h3,7-8,10,13H,4-5H2,1-2H3,(H,16,17)/t7-,8+,10-/m1/s1. The van der Waals surface area contributed by atoms with Crippen molar-refractivity contribution >= 4 is 23.6 Å². The maximum absolute atomic E-state index is 12.2. The van der Waals surface area contributed by atoms with Gasteiger partial charge in [-0.3, -0.25) is 15.1 Å². The lowest BCUT2D eigenvalue weighted by atomic mass is 9.88. The van der Waals surface area contributed by atoms with E-state index in [1.165, 1.54) is 4.90 Å². The molecule has 104 valence electrons. The van der Waals surface area contributed by atoms with Crippen molar-refractivity contribution in [3.63, 3.8) is 0 Å². The molecule has 7 heteroatoms. The predicted molar refractivity (Wildman–Crippen MR) is 69.0 cm³/mol. The van der Waals surface area contributed by atoms with Crippen molar-refractivity contribution in [3.8, 4) is 0 Å².